The lowest BCUT2D eigenvalue weighted by molar-refractivity contribution is -0.126. The predicted molar refractivity (Wildman–Crippen MR) is 127 cm³/mol. The molecule has 0 radical (unpaired) electrons. The van der Waals surface area contributed by atoms with Crippen LogP contribution in [0, 0.1) is 0 Å². The summed E-state index contributed by atoms with van der Waals surface area (Å²) in [4.78, 5) is 27.2. The number of unbranched alkanes of at least 4 members (excludes halogenated alkanes) is 4. The number of hydrogen-bond acceptors (Lipinski definition) is 5. The van der Waals surface area contributed by atoms with E-state index in [9.17, 15) is 9.59 Å². The standard InChI is InChI=1S/C17H37N7O2.3ClH/c18-9-7-11-21-10-5-6-12-22-16(26)14-24-15(25)8-3-1-2-4-13-23-17(19)20;;;/h21H,1-14,18H2,(H,22,26)(H,24,25)(H4,19,20,23);3*1H. The van der Waals surface area contributed by atoms with Crippen molar-refractivity contribution < 1.29 is 9.59 Å². The second kappa shape index (κ2) is 27.0. The third-order valence-electron chi connectivity index (χ3n) is 3.71. The normalized spacial score (nSPS) is 9.28. The lowest BCUT2D eigenvalue weighted by Gasteiger charge is -2.07. The lowest BCUT2D eigenvalue weighted by Crippen LogP contribution is -2.37. The number of guanidine groups is 1. The van der Waals surface area contributed by atoms with Gasteiger partial charge in [-0.3, -0.25) is 14.6 Å². The van der Waals surface area contributed by atoms with Gasteiger partial charge in [0.1, 0.15) is 0 Å². The van der Waals surface area contributed by atoms with Gasteiger partial charge in [0.25, 0.3) is 0 Å². The zero-order valence-corrected chi connectivity index (χ0v) is 19.6. The molecule has 0 rings (SSSR count). The van der Waals surface area contributed by atoms with E-state index < -0.39 is 0 Å². The largest absolute Gasteiger partial charge is 0.370 e. The van der Waals surface area contributed by atoms with Crippen LogP contribution in [0.15, 0.2) is 4.99 Å². The molecule has 9 N–H and O–H groups in total. The van der Waals surface area contributed by atoms with Crippen molar-refractivity contribution >= 4 is 55.0 Å². The average Bonchev–Trinajstić information content (AvgIpc) is 2.61. The first-order valence-electron chi connectivity index (χ1n) is 9.56. The molecule has 0 saturated carbocycles. The summed E-state index contributed by atoms with van der Waals surface area (Å²) in [6.07, 6.45) is 6.95. The van der Waals surface area contributed by atoms with E-state index in [0.29, 0.717) is 26.1 Å². The van der Waals surface area contributed by atoms with Crippen molar-refractivity contribution in [1.29, 1.82) is 0 Å². The molecule has 0 aliphatic heterocycles. The number of rotatable bonds is 17. The van der Waals surface area contributed by atoms with Crippen LogP contribution >= 0.6 is 37.2 Å². The number of carbonyl (C=O) groups excluding carboxylic acids is 2. The molecule has 12 heteroatoms. The van der Waals surface area contributed by atoms with Gasteiger partial charge >= 0.3 is 0 Å². The SMILES string of the molecule is Cl.Cl.Cl.NCCCNCCCCNC(=O)CNC(=O)CCCCCCN=C(N)N. The topological polar surface area (TPSA) is 161 Å². The Balaban J connectivity index is -0.00000104. The number of amides is 2. The highest BCUT2D eigenvalue weighted by Crippen LogP contribution is 2.03. The van der Waals surface area contributed by atoms with Gasteiger partial charge in [0, 0.05) is 19.5 Å². The van der Waals surface area contributed by atoms with Gasteiger partial charge in [-0.15, -0.1) is 37.2 Å². The summed E-state index contributed by atoms with van der Waals surface area (Å²) in [6, 6.07) is 0. The third kappa shape index (κ3) is 29.3. The molecule has 0 aromatic heterocycles. The van der Waals surface area contributed by atoms with Gasteiger partial charge < -0.3 is 33.2 Å². The molecule has 0 bridgehead atoms. The number of halogens is 3. The Morgan fingerprint density at radius 2 is 1.34 bits per heavy atom. The van der Waals surface area contributed by atoms with E-state index in [1.165, 1.54) is 0 Å². The van der Waals surface area contributed by atoms with E-state index >= 15 is 0 Å². The second-order valence-corrected chi connectivity index (χ2v) is 6.20. The number of nitrogens with two attached hydrogens (primary N) is 3. The number of nitrogens with one attached hydrogen (secondary N) is 3. The summed E-state index contributed by atoms with van der Waals surface area (Å²) in [5.41, 5.74) is 15.9. The summed E-state index contributed by atoms with van der Waals surface area (Å²) in [5.74, 6) is -0.123. The van der Waals surface area contributed by atoms with Gasteiger partial charge in [0.15, 0.2) is 5.96 Å². The Morgan fingerprint density at radius 3 is 2.00 bits per heavy atom. The van der Waals surface area contributed by atoms with Crippen molar-refractivity contribution in [3.8, 4) is 0 Å². The van der Waals surface area contributed by atoms with E-state index in [0.717, 1.165) is 58.0 Å². The van der Waals surface area contributed by atoms with Gasteiger partial charge in [-0.25, -0.2) is 0 Å². The Hall–Kier alpha value is -1.00. The fourth-order valence-corrected chi connectivity index (χ4v) is 2.24. The lowest BCUT2D eigenvalue weighted by atomic mass is 10.1. The molecule has 0 aliphatic rings. The fourth-order valence-electron chi connectivity index (χ4n) is 2.24. The molecular weight excluding hydrogens is 441 g/mol. The van der Waals surface area contributed by atoms with Crippen LogP contribution < -0.4 is 33.2 Å². The number of carbonyl (C=O) groups is 2. The molecule has 0 aromatic rings. The average molecular weight is 481 g/mol. The summed E-state index contributed by atoms with van der Waals surface area (Å²) in [7, 11) is 0. The van der Waals surface area contributed by atoms with Crippen molar-refractivity contribution in [1.82, 2.24) is 16.0 Å². The molecule has 9 nitrogen and oxygen atoms in total. The summed E-state index contributed by atoms with van der Waals surface area (Å²) >= 11 is 0. The van der Waals surface area contributed by atoms with E-state index in [-0.39, 0.29) is 61.5 Å². The highest BCUT2D eigenvalue weighted by atomic mass is 35.5. The maximum absolute atomic E-state index is 11.7. The molecule has 176 valence electrons. The van der Waals surface area contributed by atoms with Crippen LogP contribution in [0.3, 0.4) is 0 Å². The number of aliphatic imine (C=N–C) groups is 1. The molecule has 0 atom stereocenters. The zero-order chi connectivity index (χ0) is 19.5. The fraction of sp³-hybridized carbons (Fsp3) is 0.824. The first kappa shape index (κ1) is 35.4. The highest BCUT2D eigenvalue weighted by molar-refractivity contribution is 5.86. The van der Waals surface area contributed by atoms with Crippen LogP contribution in [0.4, 0.5) is 0 Å². The van der Waals surface area contributed by atoms with Gasteiger partial charge in [-0.05, 0) is 51.7 Å². The summed E-state index contributed by atoms with van der Waals surface area (Å²) < 4.78 is 0. The molecule has 0 spiro atoms. The van der Waals surface area contributed by atoms with E-state index in [4.69, 9.17) is 17.2 Å². The number of nitrogens with zero attached hydrogens (tertiary/aromatic N) is 1. The van der Waals surface area contributed by atoms with Crippen molar-refractivity contribution in [2.24, 2.45) is 22.2 Å². The molecule has 0 aromatic carbocycles. The van der Waals surface area contributed by atoms with Crippen molar-refractivity contribution in [3.05, 3.63) is 0 Å². The van der Waals surface area contributed by atoms with Crippen LogP contribution in [0.5, 0.6) is 0 Å². The van der Waals surface area contributed by atoms with Gasteiger partial charge in [-0.1, -0.05) is 12.8 Å². The van der Waals surface area contributed by atoms with Gasteiger partial charge in [0.05, 0.1) is 6.54 Å². The maximum atomic E-state index is 11.7. The van der Waals surface area contributed by atoms with Gasteiger partial charge in [0.2, 0.25) is 11.8 Å². The molecule has 0 heterocycles. The van der Waals surface area contributed by atoms with Gasteiger partial charge in [-0.2, -0.15) is 0 Å². The Kier molecular flexibility index (Phi) is 33.0. The van der Waals surface area contributed by atoms with Crippen molar-refractivity contribution in [2.45, 2.75) is 51.4 Å². The highest BCUT2D eigenvalue weighted by Gasteiger charge is 2.04. The molecule has 0 aliphatic carbocycles. The molecular formula is C17H40Cl3N7O2. The predicted octanol–water partition coefficient (Wildman–Crippen LogP) is 0.427. The van der Waals surface area contributed by atoms with Crippen LogP contribution in [0.1, 0.15) is 51.4 Å². The summed E-state index contributed by atoms with van der Waals surface area (Å²) in [6.45, 7) is 3.86. The molecule has 0 saturated heterocycles. The quantitative estimate of drug-likeness (QED) is 0.100. The first-order valence-corrected chi connectivity index (χ1v) is 9.56. The smallest absolute Gasteiger partial charge is 0.239 e. The van der Waals surface area contributed by atoms with E-state index in [1.807, 2.05) is 0 Å². The third-order valence-corrected chi connectivity index (χ3v) is 3.71. The Morgan fingerprint density at radius 1 is 0.724 bits per heavy atom. The molecule has 2 amide bonds. The second-order valence-electron chi connectivity index (χ2n) is 6.20. The zero-order valence-electron chi connectivity index (χ0n) is 17.1. The van der Waals surface area contributed by atoms with E-state index in [2.05, 4.69) is 20.9 Å². The molecule has 0 unspecified atom stereocenters. The van der Waals surface area contributed by atoms with Crippen LogP contribution in [-0.4, -0.2) is 57.0 Å². The Bertz CT molecular complexity index is 412. The monoisotopic (exact) mass is 479 g/mol. The summed E-state index contributed by atoms with van der Waals surface area (Å²) in [5, 5.41) is 8.74. The Labute approximate surface area is 193 Å². The number of hydrogen-bond donors (Lipinski definition) is 6. The molecule has 0 fully saturated rings. The molecule has 29 heavy (non-hydrogen) atoms. The van der Waals surface area contributed by atoms with Crippen molar-refractivity contribution in [2.75, 3.05) is 39.3 Å². The minimum absolute atomic E-state index is 0. The van der Waals surface area contributed by atoms with Crippen molar-refractivity contribution in [3.63, 3.8) is 0 Å². The minimum Gasteiger partial charge on any atom is -0.370 e. The maximum Gasteiger partial charge on any atom is 0.239 e. The van der Waals surface area contributed by atoms with Crippen LogP contribution in [-0.2, 0) is 9.59 Å². The van der Waals surface area contributed by atoms with Crippen LogP contribution in [0.25, 0.3) is 0 Å². The first-order chi connectivity index (χ1) is 12.6. The van der Waals surface area contributed by atoms with Crippen LogP contribution in [0.2, 0.25) is 0 Å². The van der Waals surface area contributed by atoms with E-state index in [1.54, 1.807) is 0 Å². The minimum atomic E-state index is -0.147.